The van der Waals surface area contributed by atoms with Crippen LogP contribution in [0, 0.1) is 0 Å². The Morgan fingerprint density at radius 3 is 3.06 bits per heavy atom. The minimum atomic E-state index is 0.156. The number of halogens is 1. The third-order valence-corrected chi connectivity index (χ3v) is 3.67. The maximum Gasteiger partial charge on any atom is 0.224 e. The molecule has 0 spiro atoms. The van der Waals surface area contributed by atoms with Crippen molar-refractivity contribution in [3.05, 3.63) is 33.8 Å². The quantitative estimate of drug-likeness (QED) is 0.897. The van der Waals surface area contributed by atoms with Crippen molar-refractivity contribution in [1.82, 2.24) is 4.90 Å². The SMILES string of the molecule is NCCC(=O)N1CCc2cccc(Br)c2C1. The Hall–Kier alpha value is -0.870. The highest BCUT2D eigenvalue weighted by Gasteiger charge is 2.21. The van der Waals surface area contributed by atoms with E-state index in [-0.39, 0.29) is 5.91 Å². The smallest absolute Gasteiger partial charge is 0.224 e. The van der Waals surface area contributed by atoms with Crippen LogP contribution in [-0.4, -0.2) is 23.9 Å². The van der Waals surface area contributed by atoms with Crippen LogP contribution in [0.4, 0.5) is 0 Å². The first kappa shape index (κ1) is 11.6. The fraction of sp³-hybridized carbons (Fsp3) is 0.417. The number of carbonyl (C=O) groups is 1. The van der Waals surface area contributed by atoms with Crippen molar-refractivity contribution in [1.29, 1.82) is 0 Å². The molecule has 0 atom stereocenters. The first-order chi connectivity index (χ1) is 7.72. The maximum atomic E-state index is 11.7. The van der Waals surface area contributed by atoms with Crippen molar-refractivity contribution in [2.75, 3.05) is 13.1 Å². The molecule has 0 bridgehead atoms. The van der Waals surface area contributed by atoms with Crippen LogP contribution in [0.2, 0.25) is 0 Å². The molecule has 2 rings (SSSR count). The number of nitrogens with zero attached hydrogens (tertiary/aromatic N) is 1. The highest BCUT2D eigenvalue weighted by Crippen LogP contribution is 2.26. The molecule has 0 aliphatic carbocycles. The molecule has 86 valence electrons. The fourth-order valence-electron chi connectivity index (χ4n) is 2.03. The second kappa shape index (κ2) is 4.97. The van der Waals surface area contributed by atoms with Crippen molar-refractivity contribution < 1.29 is 4.79 Å². The number of nitrogens with two attached hydrogens (primary N) is 1. The summed E-state index contributed by atoms with van der Waals surface area (Å²) in [5.74, 6) is 0.156. The summed E-state index contributed by atoms with van der Waals surface area (Å²) in [6.07, 6.45) is 1.38. The van der Waals surface area contributed by atoms with Crippen LogP contribution >= 0.6 is 15.9 Å². The standard InChI is InChI=1S/C12H15BrN2O/c13-11-3-1-2-9-5-7-15(8-10(9)11)12(16)4-6-14/h1-3H,4-8,14H2. The second-order valence-electron chi connectivity index (χ2n) is 3.98. The lowest BCUT2D eigenvalue weighted by Crippen LogP contribution is -2.36. The Bertz CT molecular complexity index is 406. The van der Waals surface area contributed by atoms with Crippen molar-refractivity contribution in [3.8, 4) is 0 Å². The molecule has 0 fully saturated rings. The minimum absolute atomic E-state index is 0.156. The van der Waals surface area contributed by atoms with Crippen LogP contribution in [0.3, 0.4) is 0 Å². The first-order valence-electron chi connectivity index (χ1n) is 5.46. The van der Waals surface area contributed by atoms with Gasteiger partial charge in [0.05, 0.1) is 0 Å². The van der Waals surface area contributed by atoms with Gasteiger partial charge in [-0.05, 0) is 23.6 Å². The van der Waals surface area contributed by atoms with E-state index >= 15 is 0 Å². The molecular weight excluding hydrogens is 268 g/mol. The van der Waals surface area contributed by atoms with Gasteiger partial charge in [-0.1, -0.05) is 28.1 Å². The van der Waals surface area contributed by atoms with Crippen LogP contribution in [0.1, 0.15) is 17.5 Å². The molecule has 1 aromatic carbocycles. The van der Waals surface area contributed by atoms with Gasteiger partial charge in [0.15, 0.2) is 0 Å². The third kappa shape index (κ3) is 2.28. The maximum absolute atomic E-state index is 11.7. The van der Waals surface area contributed by atoms with E-state index in [1.54, 1.807) is 0 Å². The van der Waals surface area contributed by atoms with Gasteiger partial charge in [-0.25, -0.2) is 0 Å². The van der Waals surface area contributed by atoms with Gasteiger partial charge in [0.25, 0.3) is 0 Å². The van der Waals surface area contributed by atoms with Gasteiger partial charge < -0.3 is 10.6 Å². The molecule has 1 aliphatic heterocycles. The molecule has 0 saturated heterocycles. The largest absolute Gasteiger partial charge is 0.338 e. The van der Waals surface area contributed by atoms with Gasteiger partial charge in [0.1, 0.15) is 0 Å². The Morgan fingerprint density at radius 2 is 2.31 bits per heavy atom. The van der Waals surface area contributed by atoms with Gasteiger partial charge in [-0.15, -0.1) is 0 Å². The first-order valence-corrected chi connectivity index (χ1v) is 6.26. The molecule has 0 saturated carbocycles. The van der Waals surface area contributed by atoms with Crippen LogP contribution in [0.25, 0.3) is 0 Å². The molecule has 2 N–H and O–H groups in total. The molecule has 1 aromatic rings. The summed E-state index contributed by atoms with van der Waals surface area (Å²) in [7, 11) is 0. The van der Waals surface area contributed by atoms with E-state index in [2.05, 4.69) is 22.0 Å². The summed E-state index contributed by atoms with van der Waals surface area (Å²) < 4.78 is 1.09. The predicted octanol–water partition coefficient (Wildman–Crippen LogP) is 1.68. The monoisotopic (exact) mass is 282 g/mol. The Labute approximate surface area is 104 Å². The van der Waals surface area contributed by atoms with E-state index < -0.39 is 0 Å². The van der Waals surface area contributed by atoms with Crippen LogP contribution in [0.5, 0.6) is 0 Å². The van der Waals surface area contributed by atoms with Gasteiger partial charge in [0.2, 0.25) is 5.91 Å². The average Bonchev–Trinajstić information content (AvgIpc) is 2.29. The zero-order valence-electron chi connectivity index (χ0n) is 9.08. The zero-order valence-corrected chi connectivity index (χ0v) is 10.7. The Kier molecular flexibility index (Phi) is 3.61. The molecule has 1 heterocycles. The summed E-state index contributed by atoms with van der Waals surface area (Å²) in [4.78, 5) is 13.6. The highest BCUT2D eigenvalue weighted by molar-refractivity contribution is 9.10. The Balaban J connectivity index is 2.17. The van der Waals surface area contributed by atoms with E-state index in [1.165, 1.54) is 11.1 Å². The Morgan fingerprint density at radius 1 is 1.50 bits per heavy atom. The topological polar surface area (TPSA) is 46.3 Å². The normalized spacial score (nSPS) is 14.8. The van der Waals surface area contributed by atoms with Crippen molar-refractivity contribution in [2.24, 2.45) is 5.73 Å². The number of fused-ring (bicyclic) bond motifs is 1. The average molecular weight is 283 g/mol. The molecular formula is C12H15BrN2O. The summed E-state index contributed by atoms with van der Waals surface area (Å²) in [6, 6.07) is 6.20. The number of amides is 1. The van der Waals surface area contributed by atoms with Crippen molar-refractivity contribution in [3.63, 3.8) is 0 Å². The predicted molar refractivity (Wildman–Crippen MR) is 66.9 cm³/mol. The van der Waals surface area contributed by atoms with E-state index in [0.29, 0.717) is 19.5 Å². The lowest BCUT2D eigenvalue weighted by molar-refractivity contribution is -0.131. The lowest BCUT2D eigenvalue weighted by atomic mass is 10.00. The number of carbonyl (C=O) groups excluding carboxylic acids is 1. The summed E-state index contributed by atoms with van der Waals surface area (Å²) >= 11 is 3.53. The highest BCUT2D eigenvalue weighted by atomic mass is 79.9. The van der Waals surface area contributed by atoms with Crippen molar-refractivity contribution >= 4 is 21.8 Å². The minimum Gasteiger partial charge on any atom is -0.338 e. The molecule has 0 aromatic heterocycles. The van der Waals surface area contributed by atoms with Gasteiger partial charge in [-0.2, -0.15) is 0 Å². The summed E-state index contributed by atoms with van der Waals surface area (Å²) in [5, 5.41) is 0. The van der Waals surface area contributed by atoms with Gasteiger partial charge >= 0.3 is 0 Å². The van der Waals surface area contributed by atoms with E-state index in [4.69, 9.17) is 5.73 Å². The molecule has 1 aliphatic rings. The third-order valence-electron chi connectivity index (χ3n) is 2.93. The molecule has 1 amide bonds. The van der Waals surface area contributed by atoms with Gasteiger partial charge in [-0.3, -0.25) is 4.79 Å². The molecule has 4 heteroatoms. The zero-order chi connectivity index (χ0) is 11.5. The van der Waals surface area contributed by atoms with E-state index in [0.717, 1.165) is 17.4 Å². The molecule has 3 nitrogen and oxygen atoms in total. The van der Waals surface area contributed by atoms with Crippen LogP contribution < -0.4 is 5.73 Å². The van der Waals surface area contributed by atoms with Crippen LogP contribution in [0.15, 0.2) is 22.7 Å². The van der Waals surface area contributed by atoms with E-state index in [1.807, 2.05) is 17.0 Å². The number of hydrogen-bond donors (Lipinski definition) is 1. The molecule has 0 radical (unpaired) electrons. The second-order valence-corrected chi connectivity index (χ2v) is 4.84. The van der Waals surface area contributed by atoms with Crippen LogP contribution in [-0.2, 0) is 17.8 Å². The summed E-state index contributed by atoms with van der Waals surface area (Å²) in [6.45, 7) is 1.94. The molecule has 0 unspecified atom stereocenters. The number of benzene rings is 1. The van der Waals surface area contributed by atoms with E-state index in [9.17, 15) is 4.79 Å². The number of rotatable bonds is 2. The van der Waals surface area contributed by atoms with Gasteiger partial charge in [0, 0.05) is 30.5 Å². The van der Waals surface area contributed by atoms with Crippen molar-refractivity contribution in [2.45, 2.75) is 19.4 Å². The fourth-order valence-corrected chi connectivity index (χ4v) is 2.57. The lowest BCUT2D eigenvalue weighted by Gasteiger charge is -2.29. The molecule has 16 heavy (non-hydrogen) atoms. The summed E-state index contributed by atoms with van der Waals surface area (Å²) in [5.41, 5.74) is 7.98. The number of hydrogen-bond acceptors (Lipinski definition) is 2.